The van der Waals surface area contributed by atoms with E-state index in [1.165, 1.54) is 16.0 Å². The van der Waals surface area contributed by atoms with E-state index in [1.807, 2.05) is 0 Å². The van der Waals surface area contributed by atoms with Gasteiger partial charge in [-0.25, -0.2) is 13.1 Å². The van der Waals surface area contributed by atoms with Crippen LogP contribution in [0.1, 0.15) is 19.8 Å². The molecule has 1 fully saturated rings. The summed E-state index contributed by atoms with van der Waals surface area (Å²) >= 11 is 3.10. The Hall–Kier alpha value is -0.800. The van der Waals surface area contributed by atoms with Crippen molar-refractivity contribution in [3.8, 4) is 0 Å². The first-order chi connectivity index (χ1) is 8.84. The summed E-state index contributed by atoms with van der Waals surface area (Å²) < 4.78 is 27.8. The first-order valence-electron chi connectivity index (χ1n) is 5.90. The molecule has 1 aliphatic heterocycles. The van der Waals surface area contributed by atoms with Gasteiger partial charge in [0, 0.05) is 26.1 Å². The first-order valence-corrected chi connectivity index (χ1v) is 8.13. The van der Waals surface area contributed by atoms with Crippen molar-refractivity contribution in [1.29, 1.82) is 0 Å². The average Bonchev–Trinajstić information content (AvgIpc) is 2.69. The van der Waals surface area contributed by atoms with Crippen molar-refractivity contribution in [2.24, 2.45) is 13.0 Å². The van der Waals surface area contributed by atoms with Gasteiger partial charge in [0.15, 0.2) is 4.60 Å². The number of aryl methyl sites for hydroxylation is 1. The summed E-state index contributed by atoms with van der Waals surface area (Å²) in [5.41, 5.74) is 0. The van der Waals surface area contributed by atoms with E-state index in [0.29, 0.717) is 25.9 Å². The zero-order valence-electron chi connectivity index (χ0n) is 10.7. The standard InChI is InChI=1S/C10H15BrN4O3S/c1-7(16)8-3-5-15(6-4-8)19(17,18)10-9(11)12-13-14(10)2/h8H,3-6H2,1-2H3. The van der Waals surface area contributed by atoms with Gasteiger partial charge in [-0.3, -0.25) is 4.79 Å². The second-order valence-corrected chi connectivity index (χ2v) is 7.20. The fraction of sp³-hybridized carbons (Fsp3) is 0.700. The second-order valence-electron chi connectivity index (χ2n) is 4.60. The fourth-order valence-corrected chi connectivity index (χ4v) is 4.72. The van der Waals surface area contributed by atoms with Gasteiger partial charge in [0.1, 0.15) is 5.78 Å². The molecule has 2 heterocycles. The van der Waals surface area contributed by atoms with Crippen molar-refractivity contribution >= 4 is 31.7 Å². The van der Waals surface area contributed by atoms with Crippen molar-refractivity contribution in [2.75, 3.05) is 13.1 Å². The molecule has 0 spiro atoms. The maximum Gasteiger partial charge on any atom is 0.263 e. The molecule has 0 unspecified atom stereocenters. The molecule has 0 aliphatic carbocycles. The number of sulfonamides is 1. The highest BCUT2D eigenvalue weighted by Crippen LogP contribution is 2.26. The molecule has 9 heteroatoms. The number of Topliss-reactive ketones (excluding diaryl/α,β-unsaturated/α-hetero) is 1. The molecule has 19 heavy (non-hydrogen) atoms. The Morgan fingerprint density at radius 3 is 2.37 bits per heavy atom. The van der Waals surface area contributed by atoms with Crippen LogP contribution in [0.3, 0.4) is 0 Å². The molecule has 1 aliphatic rings. The maximum absolute atomic E-state index is 12.5. The van der Waals surface area contributed by atoms with Crippen LogP contribution in [0, 0.1) is 5.92 Å². The third kappa shape index (κ3) is 2.72. The van der Waals surface area contributed by atoms with Crippen LogP contribution in [0.2, 0.25) is 0 Å². The number of rotatable bonds is 3. The summed E-state index contributed by atoms with van der Waals surface area (Å²) in [6.45, 7) is 2.25. The lowest BCUT2D eigenvalue weighted by Crippen LogP contribution is -2.40. The molecule has 1 saturated heterocycles. The first kappa shape index (κ1) is 14.6. The number of aromatic nitrogens is 3. The second kappa shape index (κ2) is 5.29. The molecule has 0 amide bonds. The Kier molecular flexibility index (Phi) is 4.07. The Labute approximate surface area is 120 Å². The molecule has 7 nitrogen and oxygen atoms in total. The summed E-state index contributed by atoms with van der Waals surface area (Å²) in [7, 11) is -2.08. The molecule has 0 bridgehead atoms. The Balaban J connectivity index is 2.21. The number of carbonyl (C=O) groups excluding carboxylic acids is 1. The summed E-state index contributed by atoms with van der Waals surface area (Å²) in [5.74, 6) is 0.0972. The van der Waals surface area contributed by atoms with E-state index in [2.05, 4.69) is 26.2 Å². The van der Waals surface area contributed by atoms with Gasteiger partial charge in [-0.1, -0.05) is 5.21 Å². The molecule has 0 radical (unpaired) electrons. The van der Waals surface area contributed by atoms with E-state index in [-0.39, 0.29) is 21.3 Å². The number of halogens is 1. The van der Waals surface area contributed by atoms with Gasteiger partial charge in [0.25, 0.3) is 10.0 Å². The van der Waals surface area contributed by atoms with Crippen LogP contribution in [0.15, 0.2) is 9.63 Å². The predicted octanol–water partition coefficient (Wildman–Crippen LogP) is 0.567. The Morgan fingerprint density at radius 2 is 1.95 bits per heavy atom. The van der Waals surface area contributed by atoms with Crippen LogP contribution < -0.4 is 0 Å². The lowest BCUT2D eigenvalue weighted by atomic mass is 9.95. The highest BCUT2D eigenvalue weighted by atomic mass is 79.9. The third-order valence-electron chi connectivity index (χ3n) is 3.35. The lowest BCUT2D eigenvalue weighted by molar-refractivity contribution is -0.121. The number of ketones is 1. The number of hydrogen-bond acceptors (Lipinski definition) is 5. The van der Waals surface area contributed by atoms with E-state index in [0.717, 1.165) is 0 Å². The van der Waals surface area contributed by atoms with E-state index < -0.39 is 10.0 Å². The molecule has 0 N–H and O–H groups in total. The quantitative estimate of drug-likeness (QED) is 0.795. The van der Waals surface area contributed by atoms with Crippen molar-refractivity contribution < 1.29 is 13.2 Å². The van der Waals surface area contributed by atoms with Gasteiger partial charge in [-0.2, -0.15) is 4.31 Å². The molecule has 1 aromatic heterocycles. The molecular formula is C10H15BrN4O3S. The number of hydrogen-bond donors (Lipinski definition) is 0. The fourth-order valence-electron chi connectivity index (χ4n) is 2.22. The van der Waals surface area contributed by atoms with Crippen LogP contribution >= 0.6 is 15.9 Å². The van der Waals surface area contributed by atoms with Crippen molar-refractivity contribution in [2.45, 2.75) is 24.8 Å². The average molecular weight is 351 g/mol. The predicted molar refractivity (Wildman–Crippen MR) is 70.9 cm³/mol. The monoisotopic (exact) mass is 350 g/mol. The SMILES string of the molecule is CC(=O)C1CCN(S(=O)(=O)c2c(Br)nnn2C)CC1. The summed E-state index contributed by atoms with van der Waals surface area (Å²) in [5, 5.41) is 7.42. The lowest BCUT2D eigenvalue weighted by Gasteiger charge is -2.29. The zero-order chi connectivity index (χ0) is 14.2. The smallest absolute Gasteiger partial charge is 0.263 e. The molecule has 0 atom stereocenters. The molecule has 0 saturated carbocycles. The minimum Gasteiger partial charge on any atom is -0.300 e. The Morgan fingerprint density at radius 1 is 1.37 bits per heavy atom. The van der Waals surface area contributed by atoms with E-state index >= 15 is 0 Å². The Bertz CT molecular complexity index is 570. The summed E-state index contributed by atoms with van der Waals surface area (Å²) in [6.07, 6.45) is 1.13. The number of piperidine rings is 1. The van der Waals surface area contributed by atoms with Crippen LogP contribution in [-0.2, 0) is 21.9 Å². The van der Waals surface area contributed by atoms with Crippen LogP contribution in [0.25, 0.3) is 0 Å². The van der Waals surface area contributed by atoms with Crippen LogP contribution in [0.4, 0.5) is 0 Å². The van der Waals surface area contributed by atoms with Gasteiger partial charge in [0.2, 0.25) is 5.03 Å². The molecule has 106 valence electrons. The normalized spacial score (nSPS) is 18.7. The molecular weight excluding hydrogens is 336 g/mol. The zero-order valence-corrected chi connectivity index (χ0v) is 13.1. The van der Waals surface area contributed by atoms with Gasteiger partial charge in [-0.15, -0.1) is 5.10 Å². The van der Waals surface area contributed by atoms with Gasteiger partial charge in [0.05, 0.1) is 0 Å². The summed E-state index contributed by atoms with van der Waals surface area (Å²) in [4.78, 5) is 11.3. The third-order valence-corrected chi connectivity index (χ3v) is 6.14. The largest absolute Gasteiger partial charge is 0.300 e. The van der Waals surface area contributed by atoms with Crippen molar-refractivity contribution in [1.82, 2.24) is 19.3 Å². The molecule has 0 aromatic carbocycles. The number of carbonyl (C=O) groups is 1. The topological polar surface area (TPSA) is 85.2 Å². The van der Waals surface area contributed by atoms with Gasteiger partial charge >= 0.3 is 0 Å². The van der Waals surface area contributed by atoms with Gasteiger partial charge < -0.3 is 0 Å². The number of nitrogens with zero attached hydrogens (tertiary/aromatic N) is 4. The highest BCUT2D eigenvalue weighted by Gasteiger charge is 2.34. The minimum absolute atomic E-state index is 0.0282. The highest BCUT2D eigenvalue weighted by molar-refractivity contribution is 9.10. The maximum atomic E-state index is 12.5. The molecule has 1 aromatic rings. The van der Waals surface area contributed by atoms with E-state index in [9.17, 15) is 13.2 Å². The van der Waals surface area contributed by atoms with Gasteiger partial charge in [-0.05, 0) is 35.7 Å². The van der Waals surface area contributed by atoms with Crippen LogP contribution in [0.5, 0.6) is 0 Å². The van der Waals surface area contributed by atoms with Crippen molar-refractivity contribution in [3.63, 3.8) is 0 Å². The summed E-state index contributed by atoms with van der Waals surface area (Å²) in [6, 6.07) is 0. The molecule has 2 rings (SSSR count). The van der Waals surface area contributed by atoms with E-state index in [1.54, 1.807) is 6.92 Å². The van der Waals surface area contributed by atoms with Crippen LogP contribution in [-0.4, -0.2) is 46.6 Å². The minimum atomic E-state index is -3.62. The van der Waals surface area contributed by atoms with E-state index in [4.69, 9.17) is 0 Å². The van der Waals surface area contributed by atoms with Crippen molar-refractivity contribution in [3.05, 3.63) is 4.60 Å².